The molecule has 2 aromatic heterocycles. The third-order valence-electron chi connectivity index (χ3n) is 3.57. The molecule has 2 aromatic carbocycles. The SMILES string of the molecule is Cc1csc(N)n1.O=C(O)c1ccc2nc(-c3c(Cl)cccc3Cl)[nH]c2c1. The first-order chi connectivity index (χ1) is 12.8. The number of aromatic nitrogens is 3. The van der Waals surface area contributed by atoms with E-state index in [9.17, 15) is 4.79 Å². The lowest BCUT2D eigenvalue weighted by Crippen LogP contribution is -1.94. The van der Waals surface area contributed by atoms with Gasteiger partial charge in [-0.05, 0) is 37.3 Å². The van der Waals surface area contributed by atoms with Crippen LogP contribution in [0.25, 0.3) is 22.4 Å². The number of nitrogens with two attached hydrogens (primary N) is 1. The number of hydrogen-bond donors (Lipinski definition) is 3. The summed E-state index contributed by atoms with van der Waals surface area (Å²) < 4.78 is 0. The molecule has 4 N–H and O–H groups in total. The largest absolute Gasteiger partial charge is 0.478 e. The van der Waals surface area contributed by atoms with Crippen LogP contribution in [-0.4, -0.2) is 26.0 Å². The first-order valence-corrected chi connectivity index (χ1v) is 9.33. The van der Waals surface area contributed by atoms with Crippen LogP contribution in [0.3, 0.4) is 0 Å². The Morgan fingerprint density at radius 3 is 2.41 bits per heavy atom. The van der Waals surface area contributed by atoms with Gasteiger partial charge in [0.2, 0.25) is 0 Å². The lowest BCUT2D eigenvalue weighted by molar-refractivity contribution is 0.0697. The Kier molecular flexibility index (Phi) is 5.65. The minimum Gasteiger partial charge on any atom is -0.478 e. The Labute approximate surface area is 168 Å². The van der Waals surface area contributed by atoms with Gasteiger partial charge in [0.05, 0.1) is 37.9 Å². The summed E-state index contributed by atoms with van der Waals surface area (Å²) in [5, 5.41) is 12.5. The number of aryl methyl sites for hydroxylation is 1. The van der Waals surface area contributed by atoms with Crippen molar-refractivity contribution < 1.29 is 9.90 Å². The van der Waals surface area contributed by atoms with Gasteiger partial charge in [0.1, 0.15) is 5.82 Å². The van der Waals surface area contributed by atoms with Crippen LogP contribution in [0.4, 0.5) is 5.13 Å². The van der Waals surface area contributed by atoms with E-state index < -0.39 is 5.97 Å². The van der Waals surface area contributed by atoms with E-state index in [0.717, 1.165) is 5.69 Å². The van der Waals surface area contributed by atoms with Gasteiger partial charge in [-0.25, -0.2) is 14.8 Å². The third kappa shape index (κ3) is 4.39. The fourth-order valence-corrected chi connectivity index (χ4v) is 3.47. The summed E-state index contributed by atoms with van der Waals surface area (Å²) >= 11 is 13.7. The van der Waals surface area contributed by atoms with Gasteiger partial charge < -0.3 is 15.8 Å². The Hall–Kier alpha value is -2.61. The molecule has 0 saturated carbocycles. The fraction of sp³-hybridized carbons (Fsp3) is 0.0556. The molecule has 0 spiro atoms. The molecule has 0 fully saturated rings. The predicted molar refractivity (Wildman–Crippen MR) is 110 cm³/mol. The number of rotatable bonds is 2. The van der Waals surface area contributed by atoms with Crippen LogP contribution < -0.4 is 5.73 Å². The molecule has 4 rings (SSSR count). The average Bonchev–Trinajstić information content (AvgIpc) is 3.19. The minimum atomic E-state index is -0.987. The van der Waals surface area contributed by atoms with E-state index in [1.54, 1.807) is 24.3 Å². The van der Waals surface area contributed by atoms with Gasteiger partial charge in [-0.1, -0.05) is 29.3 Å². The summed E-state index contributed by atoms with van der Waals surface area (Å²) in [6.07, 6.45) is 0. The quantitative estimate of drug-likeness (QED) is 0.409. The summed E-state index contributed by atoms with van der Waals surface area (Å²) in [6.45, 7) is 1.92. The second-order valence-electron chi connectivity index (χ2n) is 5.55. The van der Waals surface area contributed by atoms with Crippen molar-refractivity contribution in [2.45, 2.75) is 6.92 Å². The summed E-state index contributed by atoms with van der Waals surface area (Å²) in [5.74, 6) is -0.475. The number of fused-ring (bicyclic) bond motifs is 1. The zero-order valence-electron chi connectivity index (χ0n) is 14.0. The third-order valence-corrected chi connectivity index (χ3v) is 4.99. The molecule has 4 aromatic rings. The number of carbonyl (C=O) groups is 1. The molecule has 27 heavy (non-hydrogen) atoms. The monoisotopic (exact) mass is 420 g/mol. The minimum absolute atomic E-state index is 0.193. The average molecular weight is 421 g/mol. The zero-order chi connectivity index (χ0) is 19.6. The fourth-order valence-electron chi connectivity index (χ4n) is 2.36. The summed E-state index contributed by atoms with van der Waals surface area (Å²) in [4.78, 5) is 22.3. The summed E-state index contributed by atoms with van der Waals surface area (Å²) in [6, 6.07) is 9.86. The number of thiazole rings is 1. The van der Waals surface area contributed by atoms with E-state index >= 15 is 0 Å². The number of halogens is 2. The van der Waals surface area contributed by atoms with Gasteiger partial charge in [-0.3, -0.25) is 0 Å². The first-order valence-electron chi connectivity index (χ1n) is 7.70. The van der Waals surface area contributed by atoms with Crippen LogP contribution in [0.15, 0.2) is 41.8 Å². The molecule has 0 unspecified atom stereocenters. The lowest BCUT2D eigenvalue weighted by atomic mass is 10.2. The normalized spacial score (nSPS) is 10.5. The van der Waals surface area contributed by atoms with E-state index in [4.69, 9.17) is 34.0 Å². The van der Waals surface area contributed by atoms with E-state index in [1.165, 1.54) is 23.5 Å². The maximum absolute atomic E-state index is 11.0. The number of hydrogen-bond acceptors (Lipinski definition) is 5. The molecule has 0 aliphatic rings. The molecule has 2 heterocycles. The van der Waals surface area contributed by atoms with Crippen molar-refractivity contribution in [1.29, 1.82) is 0 Å². The highest BCUT2D eigenvalue weighted by molar-refractivity contribution is 7.13. The molecule has 0 atom stereocenters. The second-order valence-corrected chi connectivity index (χ2v) is 7.25. The maximum atomic E-state index is 11.0. The van der Waals surface area contributed by atoms with Gasteiger partial charge in [0, 0.05) is 5.38 Å². The highest BCUT2D eigenvalue weighted by atomic mass is 35.5. The van der Waals surface area contributed by atoms with E-state index in [0.29, 0.717) is 37.6 Å². The zero-order valence-corrected chi connectivity index (χ0v) is 16.4. The number of nitrogens with zero attached hydrogens (tertiary/aromatic N) is 2. The van der Waals surface area contributed by atoms with Crippen molar-refractivity contribution in [2.75, 3.05) is 5.73 Å². The van der Waals surface area contributed by atoms with Crippen molar-refractivity contribution >= 4 is 56.7 Å². The van der Waals surface area contributed by atoms with Crippen molar-refractivity contribution in [1.82, 2.24) is 15.0 Å². The maximum Gasteiger partial charge on any atom is 0.335 e. The standard InChI is InChI=1S/C14H8Cl2N2O2.C4H6N2S/c15-8-2-1-3-9(16)12(8)13-17-10-5-4-7(14(19)20)6-11(10)18-13;1-3-2-7-4(5)6-3/h1-6H,(H,17,18)(H,19,20);2H,1H3,(H2,5,6). The van der Waals surface area contributed by atoms with Crippen LogP contribution in [0.2, 0.25) is 10.0 Å². The van der Waals surface area contributed by atoms with Crippen LogP contribution in [0.1, 0.15) is 16.1 Å². The van der Waals surface area contributed by atoms with Crippen molar-refractivity contribution in [3.8, 4) is 11.4 Å². The first kappa shape index (κ1) is 19.2. The van der Waals surface area contributed by atoms with Gasteiger partial charge in [-0.2, -0.15) is 0 Å². The Balaban J connectivity index is 0.000000253. The Bertz CT molecular complexity index is 1090. The molecular formula is C18H14Cl2N4O2S. The molecule has 0 saturated heterocycles. The summed E-state index contributed by atoms with van der Waals surface area (Å²) in [7, 11) is 0. The number of aromatic amines is 1. The molecule has 0 bridgehead atoms. The van der Waals surface area contributed by atoms with Crippen LogP contribution in [0.5, 0.6) is 0 Å². The van der Waals surface area contributed by atoms with Crippen LogP contribution in [0, 0.1) is 6.92 Å². The van der Waals surface area contributed by atoms with E-state index in [-0.39, 0.29) is 5.56 Å². The number of benzene rings is 2. The van der Waals surface area contributed by atoms with E-state index in [2.05, 4.69) is 15.0 Å². The van der Waals surface area contributed by atoms with Gasteiger partial charge in [0.25, 0.3) is 0 Å². The van der Waals surface area contributed by atoms with Gasteiger partial charge in [-0.15, -0.1) is 11.3 Å². The molecule has 0 amide bonds. The second kappa shape index (κ2) is 7.96. The Morgan fingerprint density at radius 1 is 1.19 bits per heavy atom. The number of nitrogen functional groups attached to an aromatic ring is 1. The van der Waals surface area contributed by atoms with Gasteiger partial charge >= 0.3 is 5.97 Å². The molecule has 0 aliphatic carbocycles. The highest BCUT2D eigenvalue weighted by Gasteiger charge is 2.13. The topological polar surface area (TPSA) is 105 Å². The molecule has 0 aliphatic heterocycles. The van der Waals surface area contributed by atoms with Crippen molar-refractivity contribution in [3.63, 3.8) is 0 Å². The predicted octanol–water partition coefficient (Wildman–Crippen LogP) is 5.27. The number of anilines is 1. The number of imidazole rings is 1. The molecule has 9 heteroatoms. The molecule has 138 valence electrons. The molecule has 6 nitrogen and oxygen atoms in total. The van der Waals surface area contributed by atoms with Crippen LogP contribution >= 0.6 is 34.5 Å². The number of H-pyrrole nitrogens is 1. The highest BCUT2D eigenvalue weighted by Crippen LogP contribution is 2.33. The van der Waals surface area contributed by atoms with Crippen molar-refractivity contribution in [2.24, 2.45) is 0 Å². The molecule has 0 radical (unpaired) electrons. The van der Waals surface area contributed by atoms with E-state index in [1.807, 2.05) is 12.3 Å². The smallest absolute Gasteiger partial charge is 0.335 e. The molecular weight excluding hydrogens is 407 g/mol. The number of nitrogens with one attached hydrogen (secondary N) is 1. The van der Waals surface area contributed by atoms with Gasteiger partial charge in [0.15, 0.2) is 5.13 Å². The number of aromatic carboxylic acids is 1. The lowest BCUT2D eigenvalue weighted by Gasteiger charge is -2.02. The Morgan fingerprint density at radius 2 is 1.89 bits per heavy atom. The van der Waals surface area contributed by atoms with Crippen LogP contribution in [-0.2, 0) is 0 Å². The summed E-state index contributed by atoms with van der Waals surface area (Å²) in [5.41, 5.74) is 8.36. The van der Waals surface area contributed by atoms with Crippen molar-refractivity contribution in [3.05, 3.63) is 63.1 Å². The number of carboxylic acids is 1. The number of carboxylic acid groups (broad SMARTS) is 1.